The molecule has 0 amide bonds. The summed E-state index contributed by atoms with van der Waals surface area (Å²) in [6, 6.07) is 3.48. The molecular formula is C12H12N2O2. The third-order valence-electron chi connectivity index (χ3n) is 3.04. The maximum absolute atomic E-state index is 11.4. The molecule has 0 fully saturated rings. The number of H-pyrrole nitrogens is 1. The smallest absolute Gasteiger partial charge is 0.248 e. The van der Waals surface area contributed by atoms with Gasteiger partial charge in [0.2, 0.25) is 5.56 Å². The van der Waals surface area contributed by atoms with Crippen molar-refractivity contribution in [3.8, 4) is 5.75 Å². The molecule has 0 aliphatic carbocycles. The largest absolute Gasteiger partial charge is 0.491 e. The predicted octanol–water partition coefficient (Wildman–Crippen LogP) is 1.35. The molecular weight excluding hydrogens is 204 g/mol. The van der Waals surface area contributed by atoms with Crippen LogP contribution < -0.4 is 16.0 Å². The SMILES string of the molecule is Cc1cc(=O)[nH]c2c3c(c(N)cc12)CCO3. The van der Waals surface area contributed by atoms with Crippen LogP contribution in [-0.2, 0) is 6.42 Å². The lowest BCUT2D eigenvalue weighted by atomic mass is 10.0. The summed E-state index contributed by atoms with van der Waals surface area (Å²) in [7, 11) is 0. The van der Waals surface area contributed by atoms with Crippen LogP contribution in [0.4, 0.5) is 5.69 Å². The highest BCUT2D eigenvalue weighted by atomic mass is 16.5. The minimum atomic E-state index is -0.104. The second kappa shape index (κ2) is 3.01. The number of aromatic nitrogens is 1. The van der Waals surface area contributed by atoms with Gasteiger partial charge in [0, 0.05) is 29.1 Å². The molecule has 2 aromatic rings. The summed E-state index contributed by atoms with van der Waals surface area (Å²) in [5.41, 5.74) is 9.31. The molecule has 1 aromatic carbocycles. The fraction of sp³-hybridized carbons (Fsp3) is 0.250. The zero-order valence-corrected chi connectivity index (χ0v) is 8.96. The van der Waals surface area contributed by atoms with Crippen molar-refractivity contribution in [2.75, 3.05) is 12.3 Å². The lowest BCUT2D eigenvalue weighted by Crippen LogP contribution is -2.06. The number of hydrogen-bond acceptors (Lipinski definition) is 3. The monoisotopic (exact) mass is 216 g/mol. The summed E-state index contributed by atoms with van der Waals surface area (Å²) in [6.07, 6.45) is 0.813. The average molecular weight is 216 g/mol. The van der Waals surface area contributed by atoms with Gasteiger partial charge in [-0.25, -0.2) is 0 Å². The van der Waals surface area contributed by atoms with Gasteiger partial charge in [-0.2, -0.15) is 0 Å². The molecule has 0 radical (unpaired) electrons. The van der Waals surface area contributed by atoms with Crippen molar-refractivity contribution >= 4 is 16.6 Å². The van der Waals surface area contributed by atoms with Crippen LogP contribution >= 0.6 is 0 Å². The molecule has 0 saturated heterocycles. The van der Waals surface area contributed by atoms with E-state index in [4.69, 9.17) is 10.5 Å². The number of benzene rings is 1. The number of pyridine rings is 1. The second-order valence-corrected chi connectivity index (χ2v) is 4.11. The first kappa shape index (κ1) is 9.27. The lowest BCUT2D eigenvalue weighted by molar-refractivity contribution is 0.359. The molecule has 4 nitrogen and oxygen atoms in total. The van der Waals surface area contributed by atoms with Crippen LogP contribution in [0.15, 0.2) is 16.9 Å². The van der Waals surface area contributed by atoms with Gasteiger partial charge in [-0.3, -0.25) is 4.79 Å². The molecule has 82 valence electrons. The van der Waals surface area contributed by atoms with Crippen molar-refractivity contribution in [3.05, 3.63) is 33.6 Å². The molecule has 16 heavy (non-hydrogen) atoms. The summed E-state index contributed by atoms with van der Waals surface area (Å²) in [6.45, 7) is 2.53. The molecule has 4 heteroatoms. The van der Waals surface area contributed by atoms with Gasteiger partial charge in [-0.15, -0.1) is 0 Å². The normalized spacial score (nSPS) is 13.8. The summed E-state index contributed by atoms with van der Waals surface area (Å²) >= 11 is 0. The van der Waals surface area contributed by atoms with Gasteiger partial charge >= 0.3 is 0 Å². The Morgan fingerprint density at radius 1 is 1.44 bits per heavy atom. The van der Waals surface area contributed by atoms with Crippen LogP contribution in [-0.4, -0.2) is 11.6 Å². The number of aromatic amines is 1. The Morgan fingerprint density at radius 2 is 2.25 bits per heavy atom. The fourth-order valence-electron chi connectivity index (χ4n) is 2.26. The Bertz CT molecular complexity index is 643. The van der Waals surface area contributed by atoms with E-state index in [2.05, 4.69) is 4.98 Å². The van der Waals surface area contributed by atoms with Crippen molar-refractivity contribution in [1.29, 1.82) is 0 Å². The number of anilines is 1. The van der Waals surface area contributed by atoms with Crippen LogP contribution in [0.25, 0.3) is 10.9 Å². The van der Waals surface area contributed by atoms with Gasteiger partial charge in [0.25, 0.3) is 0 Å². The number of aryl methyl sites for hydroxylation is 1. The van der Waals surface area contributed by atoms with Crippen molar-refractivity contribution < 1.29 is 4.74 Å². The molecule has 0 bridgehead atoms. The van der Waals surface area contributed by atoms with E-state index in [-0.39, 0.29) is 5.56 Å². The van der Waals surface area contributed by atoms with Gasteiger partial charge in [0.1, 0.15) is 5.75 Å². The van der Waals surface area contributed by atoms with Gasteiger partial charge in [0.15, 0.2) is 0 Å². The number of fused-ring (bicyclic) bond motifs is 3. The lowest BCUT2D eigenvalue weighted by Gasteiger charge is -2.09. The van der Waals surface area contributed by atoms with E-state index >= 15 is 0 Å². The zero-order valence-electron chi connectivity index (χ0n) is 8.96. The van der Waals surface area contributed by atoms with E-state index in [9.17, 15) is 4.79 Å². The van der Waals surface area contributed by atoms with Crippen LogP contribution in [0.2, 0.25) is 0 Å². The topological polar surface area (TPSA) is 68.1 Å². The minimum Gasteiger partial charge on any atom is -0.491 e. The Labute approximate surface area is 92.0 Å². The number of rotatable bonds is 0. The van der Waals surface area contributed by atoms with E-state index in [1.165, 1.54) is 0 Å². The first-order chi connectivity index (χ1) is 7.66. The minimum absolute atomic E-state index is 0.104. The van der Waals surface area contributed by atoms with E-state index in [0.717, 1.165) is 39.9 Å². The zero-order chi connectivity index (χ0) is 11.3. The van der Waals surface area contributed by atoms with Crippen LogP contribution in [0.3, 0.4) is 0 Å². The van der Waals surface area contributed by atoms with Crippen LogP contribution in [0.5, 0.6) is 5.75 Å². The van der Waals surface area contributed by atoms with E-state index < -0.39 is 0 Å². The number of nitrogens with two attached hydrogens (primary N) is 1. The highest BCUT2D eigenvalue weighted by molar-refractivity contribution is 5.92. The van der Waals surface area contributed by atoms with Gasteiger partial charge < -0.3 is 15.5 Å². The maximum Gasteiger partial charge on any atom is 0.248 e. The number of ether oxygens (including phenoxy) is 1. The standard InChI is InChI=1S/C12H12N2O2/c1-6-4-10(15)14-11-8(6)5-9(13)7-2-3-16-12(7)11/h4-5H,2-3,13H2,1H3,(H,14,15). The molecule has 1 aliphatic rings. The van der Waals surface area contributed by atoms with Crippen molar-refractivity contribution in [2.45, 2.75) is 13.3 Å². The summed E-state index contributed by atoms with van der Waals surface area (Å²) in [5, 5.41) is 0.956. The Balaban J connectivity index is 2.53. The first-order valence-corrected chi connectivity index (χ1v) is 5.24. The summed E-state index contributed by atoms with van der Waals surface area (Å²) in [4.78, 5) is 14.3. The Morgan fingerprint density at radius 3 is 3.06 bits per heavy atom. The van der Waals surface area contributed by atoms with Crippen LogP contribution in [0, 0.1) is 6.92 Å². The van der Waals surface area contributed by atoms with Gasteiger partial charge in [-0.1, -0.05) is 0 Å². The third kappa shape index (κ3) is 1.13. The number of nitrogen functional groups attached to an aromatic ring is 1. The van der Waals surface area contributed by atoms with E-state index in [1.807, 2.05) is 13.0 Å². The predicted molar refractivity (Wildman–Crippen MR) is 62.9 cm³/mol. The molecule has 1 aliphatic heterocycles. The number of hydrogen-bond donors (Lipinski definition) is 2. The molecule has 3 rings (SSSR count). The second-order valence-electron chi connectivity index (χ2n) is 4.11. The highest BCUT2D eigenvalue weighted by Crippen LogP contribution is 2.37. The van der Waals surface area contributed by atoms with Crippen LogP contribution in [0.1, 0.15) is 11.1 Å². The molecule has 2 heterocycles. The Hall–Kier alpha value is -1.97. The quantitative estimate of drug-likeness (QED) is 0.653. The van der Waals surface area contributed by atoms with Crippen molar-refractivity contribution in [3.63, 3.8) is 0 Å². The summed E-state index contributed by atoms with van der Waals surface area (Å²) < 4.78 is 5.55. The average Bonchev–Trinajstić information content (AvgIpc) is 2.69. The molecule has 3 N–H and O–H groups in total. The highest BCUT2D eigenvalue weighted by Gasteiger charge is 2.20. The van der Waals surface area contributed by atoms with Gasteiger partial charge in [-0.05, 0) is 18.6 Å². The molecule has 0 atom stereocenters. The molecule has 0 saturated carbocycles. The number of nitrogens with one attached hydrogen (secondary N) is 1. The molecule has 0 unspecified atom stereocenters. The fourth-order valence-corrected chi connectivity index (χ4v) is 2.26. The first-order valence-electron chi connectivity index (χ1n) is 5.24. The van der Waals surface area contributed by atoms with Gasteiger partial charge in [0.05, 0.1) is 12.1 Å². The molecule has 0 spiro atoms. The Kier molecular flexibility index (Phi) is 1.74. The maximum atomic E-state index is 11.4. The van der Waals surface area contributed by atoms with E-state index in [1.54, 1.807) is 6.07 Å². The molecule has 1 aromatic heterocycles. The van der Waals surface area contributed by atoms with Crippen molar-refractivity contribution in [2.24, 2.45) is 0 Å². The third-order valence-corrected chi connectivity index (χ3v) is 3.04. The van der Waals surface area contributed by atoms with Crippen molar-refractivity contribution in [1.82, 2.24) is 4.98 Å². The summed E-state index contributed by atoms with van der Waals surface area (Å²) in [5.74, 6) is 0.746. The van der Waals surface area contributed by atoms with E-state index in [0.29, 0.717) is 6.61 Å².